The molecule has 2 N–H and O–H groups in total. The zero-order valence-corrected chi connectivity index (χ0v) is 18.1. The summed E-state index contributed by atoms with van der Waals surface area (Å²) in [6.07, 6.45) is 1.84. The maximum Gasteiger partial charge on any atom is 0.271 e. The predicted molar refractivity (Wildman–Crippen MR) is 117 cm³/mol. The fraction of sp³-hybridized carbons (Fsp3) is 0.300. The Hall–Kier alpha value is -2.93. The molecule has 0 spiro atoms. The summed E-state index contributed by atoms with van der Waals surface area (Å²) in [6.45, 7) is 3.60. The van der Waals surface area contributed by atoms with Crippen molar-refractivity contribution in [3.63, 3.8) is 0 Å². The number of hydrogen-bond acceptors (Lipinski definition) is 7. The van der Waals surface area contributed by atoms with Crippen LogP contribution in [0.2, 0.25) is 5.02 Å². The van der Waals surface area contributed by atoms with Gasteiger partial charge in [-0.25, -0.2) is 4.98 Å². The van der Waals surface area contributed by atoms with Gasteiger partial charge < -0.3 is 15.4 Å². The number of carbonyl (C=O) groups is 1. The summed E-state index contributed by atoms with van der Waals surface area (Å²) in [5.41, 5.74) is 2.37. The van der Waals surface area contributed by atoms with Gasteiger partial charge in [-0.15, -0.1) is 11.3 Å². The Morgan fingerprint density at radius 3 is 3.00 bits per heavy atom. The topological polar surface area (TPSA) is 105 Å². The Morgan fingerprint density at radius 1 is 1.43 bits per heavy atom. The third-order valence-corrected chi connectivity index (χ3v) is 5.30. The van der Waals surface area contributed by atoms with Crippen molar-refractivity contribution in [2.75, 3.05) is 25.6 Å². The third kappa shape index (κ3) is 5.57. The highest BCUT2D eigenvalue weighted by Crippen LogP contribution is 2.24. The molecule has 30 heavy (non-hydrogen) atoms. The minimum absolute atomic E-state index is 0.151. The first kappa shape index (κ1) is 21.8. The van der Waals surface area contributed by atoms with Crippen LogP contribution in [0.3, 0.4) is 0 Å². The van der Waals surface area contributed by atoms with Crippen LogP contribution in [-0.2, 0) is 11.3 Å². The highest BCUT2D eigenvalue weighted by molar-refractivity contribution is 7.13. The van der Waals surface area contributed by atoms with Gasteiger partial charge >= 0.3 is 0 Å². The van der Waals surface area contributed by atoms with Gasteiger partial charge in [-0.3, -0.25) is 9.48 Å². The zero-order chi connectivity index (χ0) is 21.5. The molecule has 8 nitrogen and oxygen atoms in total. The molecule has 1 atom stereocenters. The third-order valence-electron chi connectivity index (χ3n) is 4.18. The Balaban J connectivity index is 1.56. The first-order chi connectivity index (χ1) is 14.5. The van der Waals surface area contributed by atoms with Gasteiger partial charge in [0.25, 0.3) is 5.91 Å². The summed E-state index contributed by atoms with van der Waals surface area (Å²) >= 11 is 7.48. The van der Waals surface area contributed by atoms with Crippen molar-refractivity contribution in [1.29, 1.82) is 5.26 Å². The van der Waals surface area contributed by atoms with E-state index in [1.807, 2.05) is 31.3 Å². The van der Waals surface area contributed by atoms with Crippen molar-refractivity contribution >= 4 is 34.0 Å². The second-order valence-electron chi connectivity index (χ2n) is 6.56. The summed E-state index contributed by atoms with van der Waals surface area (Å²) in [7, 11) is 1.63. The lowest BCUT2D eigenvalue weighted by atomic mass is 10.1. The molecular weight excluding hydrogens is 424 g/mol. The molecule has 1 amide bonds. The normalized spacial score (nSPS) is 11.7. The van der Waals surface area contributed by atoms with E-state index in [9.17, 15) is 4.79 Å². The summed E-state index contributed by atoms with van der Waals surface area (Å²) in [5.74, 6) is -0.232. The molecule has 0 aliphatic heterocycles. The average Bonchev–Trinajstić information content (AvgIpc) is 3.38. The molecular formula is C20H21ClN6O2S. The molecule has 2 heterocycles. The number of nitriles is 1. The van der Waals surface area contributed by atoms with Gasteiger partial charge in [0.1, 0.15) is 11.8 Å². The van der Waals surface area contributed by atoms with E-state index in [-0.39, 0.29) is 11.9 Å². The Bertz CT molecular complexity index is 1060. The number of methoxy groups -OCH3 is 1. The summed E-state index contributed by atoms with van der Waals surface area (Å²) in [6, 6.07) is 8.96. The number of hydrogen-bond donors (Lipinski definition) is 2. The molecule has 0 aliphatic rings. The van der Waals surface area contributed by atoms with Crippen LogP contribution in [0.4, 0.5) is 5.13 Å². The summed E-state index contributed by atoms with van der Waals surface area (Å²) in [5, 5.41) is 22.4. The van der Waals surface area contributed by atoms with Crippen molar-refractivity contribution in [3.8, 4) is 17.3 Å². The lowest BCUT2D eigenvalue weighted by Gasteiger charge is -2.13. The average molecular weight is 445 g/mol. The van der Waals surface area contributed by atoms with Crippen LogP contribution < -0.4 is 10.6 Å². The maximum atomic E-state index is 12.4. The Morgan fingerprint density at radius 2 is 2.27 bits per heavy atom. The minimum Gasteiger partial charge on any atom is -0.383 e. The van der Waals surface area contributed by atoms with Crippen LogP contribution in [0.25, 0.3) is 11.3 Å². The van der Waals surface area contributed by atoms with Crippen LogP contribution in [0.15, 0.2) is 35.8 Å². The number of anilines is 1. The van der Waals surface area contributed by atoms with Crippen LogP contribution in [0.5, 0.6) is 0 Å². The molecule has 0 fully saturated rings. The van der Waals surface area contributed by atoms with Crippen LogP contribution in [0.1, 0.15) is 23.0 Å². The van der Waals surface area contributed by atoms with Gasteiger partial charge in [-0.1, -0.05) is 17.7 Å². The fourth-order valence-electron chi connectivity index (χ4n) is 2.73. The lowest BCUT2D eigenvalue weighted by Crippen LogP contribution is -2.36. The second-order valence-corrected chi connectivity index (χ2v) is 7.83. The fourth-order valence-corrected chi connectivity index (χ4v) is 3.67. The van der Waals surface area contributed by atoms with Crippen molar-refractivity contribution in [2.24, 2.45) is 0 Å². The Labute approximate surface area is 183 Å². The van der Waals surface area contributed by atoms with Crippen molar-refractivity contribution in [2.45, 2.75) is 19.5 Å². The molecule has 0 saturated heterocycles. The monoisotopic (exact) mass is 444 g/mol. The van der Waals surface area contributed by atoms with E-state index < -0.39 is 0 Å². The standard InChI is InChI=1S/C20H21ClN6O2S/c1-13(24-19(28)18-12-30-20(25-18)23-6-8-29-2)11-27-7-5-17(26-27)14-3-4-15(10-22)16(21)9-14/h3-5,7,9,12-13H,6,8,11H2,1-2H3,(H,23,25)(H,24,28)/t13-/m1/s1. The number of halogens is 1. The molecule has 2 aromatic heterocycles. The summed E-state index contributed by atoms with van der Waals surface area (Å²) in [4.78, 5) is 16.7. The second kappa shape index (κ2) is 10.2. The molecule has 0 bridgehead atoms. The number of nitrogens with one attached hydrogen (secondary N) is 2. The molecule has 3 aromatic rings. The van der Waals surface area contributed by atoms with Crippen molar-refractivity contribution in [1.82, 2.24) is 20.1 Å². The van der Waals surface area contributed by atoms with Crippen molar-refractivity contribution < 1.29 is 9.53 Å². The molecule has 0 aliphatic carbocycles. The molecule has 3 rings (SSSR count). The number of carbonyl (C=O) groups excluding carboxylic acids is 1. The quantitative estimate of drug-likeness (QED) is 0.490. The minimum atomic E-state index is -0.232. The lowest BCUT2D eigenvalue weighted by molar-refractivity contribution is 0.0932. The summed E-state index contributed by atoms with van der Waals surface area (Å²) < 4.78 is 6.74. The maximum absolute atomic E-state index is 12.4. The molecule has 1 aromatic carbocycles. The predicted octanol–water partition coefficient (Wildman–Crippen LogP) is 3.41. The highest BCUT2D eigenvalue weighted by atomic mass is 35.5. The van der Waals surface area contributed by atoms with E-state index in [4.69, 9.17) is 21.6 Å². The van der Waals surface area contributed by atoms with E-state index in [1.54, 1.807) is 29.3 Å². The number of rotatable bonds is 9. The molecule has 0 radical (unpaired) electrons. The first-order valence-corrected chi connectivity index (χ1v) is 10.5. The van der Waals surface area contributed by atoms with E-state index in [0.29, 0.717) is 41.1 Å². The van der Waals surface area contributed by atoms with Gasteiger partial charge in [0.2, 0.25) is 0 Å². The number of aromatic nitrogens is 3. The molecule has 156 valence electrons. The van der Waals surface area contributed by atoms with Gasteiger partial charge in [0.05, 0.1) is 29.4 Å². The number of benzene rings is 1. The van der Waals surface area contributed by atoms with Gasteiger partial charge in [0, 0.05) is 36.8 Å². The molecule has 10 heteroatoms. The van der Waals surface area contributed by atoms with Crippen LogP contribution in [-0.4, -0.2) is 47.0 Å². The van der Waals surface area contributed by atoms with Crippen molar-refractivity contribution in [3.05, 3.63) is 52.1 Å². The van der Waals surface area contributed by atoms with E-state index in [1.165, 1.54) is 11.3 Å². The van der Waals surface area contributed by atoms with Gasteiger partial charge in [-0.05, 0) is 25.1 Å². The zero-order valence-electron chi connectivity index (χ0n) is 16.6. The number of thiazole rings is 1. The van der Waals surface area contributed by atoms with Gasteiger partial charge in [0.15, 0.2) is 5.13 Å². The SMILES string of the molecule is COCCNc1nc(C(=O)N[C@H](C)Cn2ccc(-c3ccc(C#N)c(Cl)c3)n2)cs1. The largest absolute Gasteiger partial charge is 0.383 e. The Kier molecular flexibility index (Phi) is 7.41. The number of ether oxygens (including phenoxy) is 1. The van der Waals surface area contributed by atoms with E-state index in [2.05, 4.69) is 20.7 Å². The smallest absolute Gasteiger partial charge is 0.271 e. The highest BCUT2D eigenvalue weighted by Gasteiger charge is 2.15. The van der Waals surface area contributed by atoms with Crippen LogP contribution in [0, 0.1) is 11.3 Å². The first-order valence-electron chi connectivity index (χ1n) is 9.23. The number of nitrogens with zero attached hydrogens (tertiary/aromatic N) is 4. The van der Waals surface area contributed by atoms with E-state index in [0.717, 1.165) is 11.3 Å². The van der Waals surface area contributed by atoms with Gasteiger partial charge in [-0.2, -0.15) is 10.4 Å². The van der Waals surface area contributed by atoms with E-state index >= 15 is 0 Å². The van der Waals surface area contributed by atoms with Crippen LogP contribution >= 0.6 is 22.9 Å². The number of amides is 1. The molecule has 0 unspecified atom stereocenters. The molecule has 0 saturated carbocycles.